The van der Waals surface area contributed by atoms with E-state index in [0.29, 0.717) is 17.1 Å². The molecule has 180 valence electrons. The average Bonchev–Trinajstić information content (AvgIpc) is 2.73. The maximum Gasteiger partial charge on any atom is 0.242 e. The van der Waals surface area contributed by atoms with E-state index >= 15 is 0 Å². The largest absolute Gasteiger partial charge is 0.357 e. The van der Waals surface area contributed by atoms with Crippen molar-refractivity contribution in [2.75, 3.05) is 24.2 Å². The van der Waals surface area contributed by atoms with Gasteiger partial charge in [-0.05, 0) is 62.1 Å². The zero-order chi connectivity index (χ0) is 24.8. The van der Waals surface area contributed by atoms with E-state index in [0.717, 1.165) is 22.9 Å². The number of nitrogens with one attached hydrogen (secondary N) is 1. The molecule has 0 bridgehead atoms. The number of anilines is 1. The van der Waals surface area contributed by atoms with Crippen molar-refractivity contribution in [3.05, 3.63) is 64.2 Å². The van der Waals surface area contributed by atoms with E-state index in [9.17, 15) is 18.0 Å². The number of halogens is 1. The maximum absolute atomic E-state index is 13.1. The minimum Gasteiger partial charge on any atom is -0.357 e. The van der Waals surface area contributed by atoms with E-state index in [4.69, 9.17) is 11.6 Å². The van der Waals surface area contributed by atoms with Crippen molar-refractivity contribution in [1.29, 1.82) is 0 Å². The molecule has 0 radical (unpaired) electrons. The Labute approximate surface area is 201 Å². The Morgan fingerprint density at radius 2 is 1.70 bits per heavy atom. The number of hydrogen-bond acceptors (Lipinski definition) is 4. The van der Waals surface area contributed by atoms with Crippen LogP contribution in [-0.4, -0.2) is 51.0 Å². The van der Waals surface area contributed by atoms with Gasteiger partial charge in [0.25, 0.3) is 0 Å². The summed E-state index contributed by atoms with van der Waals surface area (Å²) >= 11 is 6.27. The molecule has 2 aromatic carbocycles. The van der Waals surface area contributed by atoms with Gasteiger partial charge in [0.05, 0.1) is 11.9 Å². The van der Waals surface area contributed by atoms with Crippen LogP contribution in [0.3, 0.4) is 0 Å². The summed E-state index contributed by atoms with van der Waals surface area (Å²) in [6.45, 7) is 5.81. The number of sulfonamides is 1. The van der Waals surface area contributed by atoms with Crippen molar-refractivity contribution in [3.63, 3.8) is 0 Å². The number of carbonyl (C=O) groups excluding carboxylic acids is 2. The van der Waals surface area contributed by atoms with Crippen molar-refractivity contribution < 1.29 is 18.0 Å². The Bertz CT molecular complexity index is 1080. The Morgan fingerprint density at radius 1 is 1.09 bits per heavy atom. The van der Waals surface area contributed by atoms with Gasteiger partial charge in [-0.3, -0.25) is 13.9 Å². The highest BCUT2D eigenvalue weighted by Crippen LogP contribution is 2.23. The summed E-state index contributed by atoms with van der Waals surface area (Å²) in [5.74, 6) is -0.539. The van der Waals surface area contributed by atoms with Crippen LogP contribution >= 0.6 is 11.6 Å². The summed E-state index contributed by atoms with van der Waals surface area (Å²) in [6, 6.07) is 12.1. The molecular weight excluding hydrogens is 462 g/mol. The van der Waals surface area contributed by atoms with Crippen LogP contribution in [0.2, 0.25) is 5.02 Å². The molecule has 0 aliphatic heterocycles. The zero-order valence-corrected chi connectivity index (χ0v) is 21.3. The molecule has 2 aromatic rings. The van der Waals surface area contributed by atoms with E-state index in [1.807, 2.05) is 44.2 Å². The third-order valence-electron chi connectivity index (χ3n) is 5.36. The van der Waals surface area contributed by atoms with Gasteiger partial charge in [0.2, 0.25) is 21.8 Å². The van der Waals surface area contributed by atoms with E-state index in [2.05, 4.69) is 5.32 Å². The predicted octanol–water partition coefficient (Wildman–Crippen LogP) is 3.67. The monoisotopic (exact) mass is 493 g/mol. The molecule has 33 heavy (non-hydrogen) atoms. The highest BCUT2D eigenvalue weighted by molar-refractivity contribution is 7.92. The van der Waals surface area contributed by atoms with Gasteiger partial charge in [-0.25, -0.2) is 8.42 Å². The van der Waals surface area contributed by atoms with E-state index in [1.165, 1.54) is 16.3 Å². The Balaban J connectivity index is 2.18. The molecule has 2 amide bonds. The molecule has 0 aliphatic rings. The molecule has 2 rings (SSSR count). The molecule has 0 aromatic heterocycles. The van der Waals surface area contributed by atoms with Crippen LogP contribution in [0.25, 0.3) is 0 Å². The van der Waals surface area contributed by atoms with Crippen molar-refractivity contribution in [2.24, 2.45) is 0 Å². The van der Waals surface area contributed by atoms with Crippen LogP contribution in [0.5, 0.6) is 0 Å². The number of aryl methyl sites for hydroxylation is 2. The van der Waals surface area contributed by atoms with Gasteiger partial charge in [-0.15, -0.1) is 0 Å². The quantitative estimate of drug-likeness (QED) is 0.547. The lowest BCUT2D eigenvalue weighted by Gasteiger charge is -2.29. The zero-order valence-electron chi connectivity index (χ0n) is 19.8. The molecule has 0 fully saturated rings. The lowest BCUT2D eigenvalue weighted by Crippen LogP contribution is -2.46. The molecule has 9 heteroatoms. The first-order valence-electron chi connectivity index (χ1n) is 10.7. The number of hydrogen-bond donors (Lipinski definition) is 1. The number of nitrogens with zero attached hydrogens (tertiary/aromatic N) is 2. The maximum atomic E-state index is 13.1. The minimum absolute atomic E-state index is 0.0859. The molecule has 1 N–H and O–H groups in total. The topological polar surface area (TPSA) is 86.8 Å². The molecule has 7 nitrogen and oxygen atoms in total. The van der Waals surface area contributed by atoms with E-state index < -0.39 is 16.1 Å². The predicted molar refractivity (Wildman–Crippen MR) is 133 cm³/mol. The van der Waals surface area contributed by atoms with Gasteiger partial charge in [0.1, 0.15) is 6.04 Å². The lowest BCUT2D eigenvalue weighted by atomic mass is 10.1. The van der Waals surface area contributed by atoms with Gasteiger partial charge in [0.15, 0.2) is 0 Å². The van der Waals surface area contributed by atoms with Crippen molar-refractivity contribution >= 4 is 39.1 Å². The number of amides is 2. The van der Waals surface area contributed by atoms with E-state index in [1.54, 1.807) is 19.1 Å². The Hall–Kier alpha value is -2.58. The van der Waals surface area contributed by atoms with Crippen LogP contribution in [0, 0.1) is 13.8 Å². The molecule has 0 unspecified atom stereocenters. The van der Waals surface area contributed by atoms with Crippen molar-refractivity contribution in [3.8, 4) is 0 Å². The SMILES string of the molecule is CNC(=O)[C@@H](C)N(Cc1ccccc1Cl)C(=O)CCCN(c1cc(C)cc(C)c1)S(C)(=O)=O. The second-order valence-corrected chi connectivity index (χ2v) is 10.5. The average molecular weight is 494 g/mol. The van der Waals surface area contributed by atoms with Crippen LogP contribution in [-0.2, 0) is 26.2 Å². The van der Waals surface area contributed by atoms with Gasteiger partial charge in [-0.1, -0.05) is 35.9 Å². The van der Waals surface area contributed by atoms with E-state index in [-0.39, 0.29) is 31.3 Å². The Morgan fingerprint density at radius 3 is 2.24 bits per heavy atom. The fourth-order valence-electron chi connectivity index (χ4n) is 3.70. The minimum atomic E-state index is -3.53. The summed E-state index contributed by atoms with van der Waals surface area (Å²) in [6.07, 6.45) is 1.55. The number of carbonyl (C=O) groups is 2. The third-order valence-corrected chi connectivity index (χ3v) is 6.92. The molecule has 0 saturated heterocycles. The van der Waals surface area contributed by atoms with Crippen molar-refractivity contribution in [2.45, 2.75) is 46.2 Å². The molecule has 0 aliphatic carbocycles. The molecule has 0 heterocycles. The smallest absolute Gasteiger partial charge is 0.242 e. The number of rotatable bonds is 10. The second kappa shape index (κ2) is 11.5. The van der Waals surface area contributed by atoms with Crippen LogP contribution < -0.4 is 9.62 Å². The Kier molecular flexibility index (Phi) is 9.31. The molecule has 0 saturated carbocycles. The highest BCUT2D eigenvalue weighted by atomic mass is 35.5. The normalized spacial score (nSPS) is 12.2. The van der Waals surface area contributed by atoms with Gasteiger partial charge >= 0.3 is 0 Å². The summed E-state index contributed by atoms with van der Waals surface area (Å²) in [4.78, 5) is 26.9. The summed E-state index contributed by atoms with van der Waals surface area (Å²) in [5.41, 5.74) is 3.23. The van der Waals surface area contributed by atoms with Crippen LogP contribution in [0.1, 0.15) is 36.5 Å². The molecule has 0 spiro atoms. The first kappa shape index (κ1) is 26.7. The van der Waals surface area contributed by atoms with Crippen LogP contribution in [0.15, 0.2) is 42.5 Å². The standard InChI is InChI=1S/C24H32ClN3O4S/c1-17-13-18(2)15-21(14-17)28(33(5,31)32)12-8-11-23(29)27(19(3)24(30)26-4)16-20-9-6-7-10-22(20)25/h6-7,9-10,13-15,19H,8,11-12,16H2,1-5H3,(H,26,30)/t19-/m1/s1. The number of likely N-dealkylation sites (N-methyl/N-ethyl adjacent to an activating group) is 1. The first-order valence-corrected chi connectivity index (χ1v) is 13.0. The summed E-state index contributed by atoms with van der Waals surface area (Å²) in [5, 5.41) is 3.08. The number of benzene rings is 2. The second-order valence-electron chi connectivity index (χ2n) is 8.19. The molecule has 1 atom stereocenters. The lowest BCUT2D eigenvalue weighted by molar-refractivity contribution is -0.140. The summed E-state index contributed by atoms with van der Waals surface area (Å²) < 4.78 is 26.2. The third kappa shape index (κ3) is 7.47. The summed E-state index contributed by atoms with van der Waals surface area (Å²) in [7, 11) is -2.01. The van der Waals surface area contributed by atoms with Gasteiger partial charge in [0, 0.05) is 31.6 Å². The van der Waals surface area contributed by atoms with Gasteiger partial charge < -0.3 is 10.2 Å². The fraction of sp³-hybridized carbons (Fsp3) is 0.417. The first-order chi connectivity index (χ1) is 15.4. The highest BCUT2D eigenvalue weighted by Gasteiger charge is 2.26. The van der Waals surface area contributed by atoms with Crippen LogP contribution in [0.4, 0.5) is 5.69 Å². The molecular formula is C24H32ClN3O4S. The van der Waals surface area contributed by atoms with Gasteiger partial charge in [-0.2, -0.15) is 0 Å². The fourth-order valence-corrected chi connectivity index (χ4v) is 4.84. The van der Waals surface area contributed by atoms with Crippen molar-refractivity contribution in [1.82, 2.24) is 10.2 Å².